The number of para-hydroxylation sites is 1. The molecule has 1 N–H and O–H groups in total. The van der Waals surface area contributed by atoms with Gasteiger partial charge < -0.3 is 10.2 Å². The number of nitrogens with zero attached hydrogens (tertiary/aromatic N) is 2. The monoisotopic (exact) mass is 595 g/mol. The lowest BCUT2D eigenvalue weighted by molar-refractivity contribution is -0.140. The van der Waals surface area contributed by atoms with Crippen molar-refractivity contribution in [1.29, 1.82) is 0 Å². The minimum Gasteiger partial charge on any atom is -0.352 e. The Morgan fingerprint density at radius 1 is 0.927 bits per heavy atom. The smallest absolute Gasteiger partial charge is 0.264 e. The Kier molecular flexibility index (Phi) is 10.5. The SMILES string of the molecule is CC[C@@H](C(=O)NC1CCCCC1)N(Cc1ccccc1)C(=O)CN(c1ccccc1Cl)S(=O)(=O)c1ccc(C)cc1. The molecule has 218 valence electrons. The summed E-state index contributed by atoms with van der Waals surface area (Å²) in [6.45, 7) is 3.39. The molecule has 1 aliphatic rings. The molecule has 0 aromatic heterocycles. The number of benzene rings is 3. The minimum atomic E-state index is -4.17. The number of carbonyl (C=O) groups is 2. The summed E-state index contributed by atoms with van der Waals surface area (Å²) >= 11 is 6.48. The van der Waals surface area contributed by atoms with Gasteiger partial charge in [0.1, 0.15) is 12.6 Å². The lowest BCUT2D eigenvalue weighted by atomic mass is 9.95. The Bertz CT molecular complexity index is 1420. The molecule has 0 heterocycles. The van der Waals surface area contributed by atoms with Crippen LogP contribution in [0.5, 0.6) is 0 Å². The lowest BCUT2D eigenvalue weighted by Crippen LogP contribution is -2.54. The minimum absolute atomic E-state index is 0.0486. The molecule has 3 aromatic carbocycles. The number of sulfonamides is 1. The molecule has 3 aromatic rings. The third-order valence-corrected chi connectivity index (χ3v) is 9.64. The highest BCUT2D eigenvalue weighted by Gasteiger charge is 2.35. The zero-order chi connectivity index (χ0) is 29.4. The third-order valence-electron chi connectivity index (χ3n) is 7.54. The van der Waals surface area contributed by atoms with Crippen molar-refractivity contribution in [2.24, 2.45) is 0 Å². The van der Waals surface area contributed by atoms with Crippen LogP contribution in [0.15, 0.2) is 83.8 Å². The molecule has 0 aliphatic heterocycles. The predicted molar refractivity (Wildman–Crippen MR) is 163 cm³/mol. The van der Waals surface area contributed by atoms with Crippen LogP contribution in [-0.4, -0.2) is 43.8 Å². The highest BCUT2D eigenvalue weighted by Crippen LogP contribution is 2.31. The van der Waals surface area contributed by atoms with E-state index in [0.29, 0.717) is 6.42 Å². The van der Waals surface area contributed by atoms with E-state index in [0.717, 1.165) is 47.5 Å². The van der Waals surface area contributed by atoms with E-state index in [-0.39, 0.29) is 34.1 Å². The van der Waals surface area contributed by atoms with E-state index in [1.165, 1.54) is 17.0 Å². The van der Waals surface area contributed by atoms with Crippen LogP contribution in [-0.2, 0) is 26.2 Å². The fourth-order valence-electron chi connectivity index (χ4n) is 5.25. The number of rotatable bonds is 11. The zero-order valence-electron chi connectivity index (χ0n) is 23.6. The van der Waals surface area contributed by atoms with E-state index in [2.05, 4.69) is 5.32 Å². The van der Waals surface area contributed by atoms with Gasteiger partial charge in [-0.1, -0.05) is 97.9 Å². The van der Waals surface area contributed by atoms with Crippen LogP contribution in [0.1, 0.15) is 56.6 Å². The van der Waals surface area contributed by atoms with Gasteiger partial charge in [0.2, 0.25) is 11.8 Å². The van der Waals surface area contributed by atoms with Crippen LogP contribution in [0, 0.1) is 6.92 Å². The van der Waals surface area contributed by atoms with Crippen LogP contribution in [0.25, 0.3) is 0 Å². The maximum Gasteiger partial charge on any atom is 0.264 e. The highest BCUT2D eigenvalue weighted by molar-refractivity contribution is 7.92. The molecule has 1 atom stereocenters. The van der Waals surface area contributed by atoms with Gasteiger partial charge in [-0.25, -0.2) is 8.42 Å². The molecule has 4 rings (SSSR count). The largest absolute Gasteiger partial charge is 0.352 e. The number of nitrogens with one attached hydrogen (secondary N) is 1. The summed E-state index contributed by atoms with van der Waals surface area (Å²) in [6.07, 6.45) is 5.52. The second-order valence-electron chi connectivity index (χ2n) is 10.6. The van der Waals surface area contributed by atoms with Crippen molar-refractivity contribution in [3.05, 3.63) is 95.0 Å². The van der Waals surface area contributed by atoms with E-state index in [9.17, 15) is 18.0 Å². The van der Waals surface area contributed by atoms with Gasteiger partial charge in [-0.15, -0.1) is 0 Å². The highest BCUT2D eigenvalue weighted by atomic mass is 35.5. The predicted octanol–water partition coefficient (Wildman–Crippen LogP) is 6.10. The quantitative estimate of drug-likeness (QED) is 0.290. The van der Waals surface area contributed by atoms with E-state index in [4.69, 9.17) is 11.6 Å². The average molecular weight is 596 g/mol. The Balaban J connectivity index is 1.70. The fraction of sp³-hybridized carbons (Fsp3) is 0.375. The average Bonchev–Trinajstić information content (AvgIpc) is 2.97. The zero-order valence-corrected chi connectivity index (χ0v) is 25.2. The number of amides is 2. The van der Waals surface area contributed by atoms with Crippen LogP contribution >= 0.6 is 11.6 Å². The summed E-state index contributed by atoms with van der Waals surface area (Å²) in [4.78, 5) is 29.3. The maximum absolute atomic E-state index is 14.2. The van der Waals surface area contributed by atoms with Crippen molar-refractivity contribution in [1.82, 2.24) is 10.2 Å². The molecule has 0 spiro atoms. The summed E-state index contributed by atoms with van der Waals surface area (Å²) in [5, 5.41) is 3.36. The number of aryl methyl sites for hydroxylation is 1. The van der Waals surface area contributed by atoms with Gasteiger partial charge in [-0.2, -0.15) is 0 Å². The first-order chi connectivity index (χ1) is 19.7. The van der Waals surface area contributed by atoms with Crippen LogP contribution in [0.3, 0.4) is 0 Å². The van der Waals surface area contributed by atoms with E-state index in [1.807, 2.05) is 44.2 Å². The van der Waals surface area contributed by atoms with Crippen molar-refractivity contribution in [2.45, 2.75) is 75.9 Å². The Morgan fingerprint density at radius 3 is 2.20 bits per heavy atom. The van der Waals surface area contributed by atoms with Crippen molar-refractivity contribution in [3.63, 3.8) is 0 Å². The molecule has 41 heavy (non-hydrogen) atoms. The summed E-state index contributed by atoms with van der Waals surface area (Å²) in [6, 6.07) is 21.7. The molecule has 0 bridgehead atoms. The second kappa shape index (κ2) is 14.0. The number of carbonyl (C=O) groups excluding carboxylic acids is 2. The summed E-state index contributed by atoms with van der Waals surface area (Å²) < 4.78 is 29.0. The first-order valence-corrected chi connectivity index (χ1v) is 16.0. The molecule has 7 nitrogen and oxygen atoms in total. The molecule has 2 amide bonds. The van der Waals surface area contributed by atoms with Crippen molar-refractivity contribution < 1.29 is 18.0 Å². The van der Waals surface area contributed by atoms with Gasteiger partial charge in [0, 0.05) is 12.6 Å². The van der Waals surface area contributed by atoms with Gasteiger partial charge in [0.25, 0.3) is 10.0 Å². The molecule has 0 unspecified atom stereocenters. The molecule has 9 heteroatoms. The first-order valence-electron chi connectivity index (χ1n) is 14.2. The van der Waals surface area contributed by atoms with Crippen molar-refractivity contribution in [3.8, 4) is 0 Å². The molecule has 0 saturated heterocycles. The van der Waals surface area contributed by atoms with Crippen LogP contribution in [0.2, 0.25) is 5.02 Å². The van der Waals surface area contributed by atoms with Gasteiger partial charge in [0.05, 0.1) is 15.6 Å². The summed E-state index contributed by atoms with van der Waals surface area (Å²) in [5.41, 5.74) is 1.95. The number of anilines is 1. The molecule has 1 saturated carbocycles. The van der Waals surface area contributed by atoms with Crippen LogP contribution < -0.4 is 9.62 Å². The van der Waals surface area contributed by atoms with Gasteiger partial charge in [-0.3, -0.25) is 13.9 Å². The summed E-state index contributed by atoms with van der Waals surface area (Å²) in [5.74, 6) is -0.704. The van der Waals surface area contributed by atoms with E-state index < -0.39 is 28.5 Å². The number of hydrogen-bond acceptors (Lipinski definition) is 4. The molecule has 0 radical (unpaired) electrons. The molecular weight excluding hydrogens is 558 g/mol. The van der Waals surface area contributed by atoms with Crippen molar-refractivity contribution in [2.75, 3.05) is 10.8 Å². The number of hydrogen-bond donors (Lipinski definition) is 1. The summed E-state index contributed by atoms with van der Waals surface area (Å²) in [7, 11) is -4.17. The topological polar surface area (TPSA) is 86.8 Å². The molecule has 1 aliphatic carbocycles. The fourth-order valence-corrected chi connectivity index (χ4v) is 6.97. The van der Waals surface area contributed by atoms with Gasteiger partial charge >= 0.3 is 0 Å². The normalized spacial score (nSPS) is 14.7. The Labute approximate surface area is 248 Å². The Morgan fingerprint density at radius 2 is 1.56 bits per heavy atom. The standard InChI is InChI=1S/C32H38ClN3O4S/c1-3-29(32(38)34-26-14-8-5-9-15-26)35(22-25-12-6-4-7-13-25)31(37)23-36(30-17-11-10-16-28(30)33)41(39,40)27-20-18-24(2)19-21-27/h4,6-7,10-13,16-21,26,29H,3,5,8-9,14-15,22-23H2,1-2H3,(H,34,38)/t29-/m0/s1. The Hall–Kier alpha value is -3.36. The first kappa shape index (κ1) is 30.6. The van der Waals surface area contributed by atoms with E-state index >= 15 is 0 Å². The van der Waals surface area contributed by atoms with E-state index in [1.54, 1.807) is 36.4 Å². The van der Waals surface area contributed by atoms with Crippen molar-refractivity contribution >= 4 is 39.1 Å². The molecular formula is C32H38ClN3O4S. The maximum atomic E-state index is 14.2. The van der Waals surface area contributed by atoms with Gasteiger partial charge in [-0.05, 0) is 56.0 Å². The van der Waals surface area contributed by atoms with Crippen LogP contribution in [0.4, 0.5) is 5.69 Å². The third kappa shape index (κ3) is 7.68. The van der Waals surface area contributed by atoms with Gasteiger partial charge in [0.15, 0.2) is 0 Å². The number of halogens is 1. The second-order valence-corrected chi connectivity index (χ2v) is 12.8. The lowest BCUT2D eigenvalue weighted by Gasteiger charge is -2.34. The molecule has 1 fully saturated rings.